The van der Waals surface area contributed by atoms with Gasteiger partial charge in [0.25, 0.3) is 0 Å². The summed E-state index contributed by atoms with van der Waals surface area (Å²) in [5, 5.41) is 10.6. The zero-order chi connectivity index (χ0) is 13.1. The summed E-state index contributed by atoms with van der Waals surface area (Å²) in [6.07, 6.45) is 3.59. The van der Waals surface area contributed by atoms with Crippen LogP contribution in [0.1, 0.15) is 22.6 Å². The Morgan fingerprint density at radius 3 is 3.00 bits per heavy atom. The van der Waals surface area contributed by atoms with E-state index in [1.54, 1.807) is 11.6 Å². The van der Waals surface area contributed by atoms with Crippen molar-refractivity contribution in [2.45, 2.75) is 6.92 Å². The van der Waals surface area contributed by atoms with Gasteiger partial charge in [0, 0.05) is 0 Å². The van der Waals surface area contributed by atoms with Crippen molar-refractivity contribution in [1.82, 2.24) is 15.0 Å². The standard InChI is InChI=1S/C11H9N3O2S.W/c1-6(2)3-9-12-4-7(13-9)8-5-17-10(14-8)11(15)16;/h1,3-5H,2H3,(H,12,13)(H,15,16);/b6-3+;. The predicted octanol–water partition coefficient (Wildman–Crippen LogP) is 1.98. The van der Waals surface area contributed by atoms with Gasteiger partial charge in [0.1, 0.15) is 0 Å². The molecule has 0 bridgehead atoms. The van der Waals surface area contributed by atoms with Gasteiger partial charge >= 0.3 is 118 Å². The van der Waals surface area contributed by atoms with Crippen molar-refractivity contribution in [1.29, 1.82) is 0 Å². The fraction of sp³-hybridized carbons (Fsp3) is 0.0909. The van der Waals surface area contributed by atoms with E-state index in [0.717, 1.165) is 28.4 Å². The van der Waals surface area contributed by atoms with Crippen molar-refractivity contribution in [3.05, 3.63) is 28.0 Å². The van der Waals surface area contributed by atoms with Crippen molar-refractivity contribution in [2.75, 3.05) is 0 Å². The first-order chi connectivity index (χ1) is 8.60. The number of aromatic carboxylic acids is 1. The first kappa shape index (κ1) is 13.0. The van der Waals surface area contributed by atoms with E-state index in [2.05, 4.69) is 19.4 Å². The Kier molecular flexibility index (Phi) is 3.99. The maximum atomic E-state index is 10.7. The minimum atomic E-state index is -1.01. The van der Waals surface area contributed by atoms with Crippen LogP contribution in [0.5, 0.6) is 0 Å². The molecule has 0 amide bonds. The van der Waals surface area contributed by atoms with E-state index < -0.39 is 5.97 Å². The molecule has 5 nitrogen and oxygen atoms in total. The van der Waals surface area contributed by atoms with Crippen LogP contribution in [0.2, 0.25) is 0 Å². The first-order valence-corrected chi connectivity index (χ1v) is 7.55. The molecule has 18 heavy (non-hydrogen) atoms. The van der Waals surface area contributed by atoms with Crippen molar-refractivity contribution >= 4 is 27.8 Å². The Balaban J connectivity index is 2.29. The molecule has 0 saturated carbocycles. The molecule has 2 aromatic heterocycles. The summed E-state index contributed by atoms with van der Waals surface area (Å²) in [4.78, 5) is 22.1. The van der Waals surface area contributed by atoms with E-state index in [1.807, 2.05) is 13.0 Å². The molecule has 0 aliphatic rings. The first-order valence-electron chi connectivity index (χ1n) is 4.98. The number of carboxylic acids is 1. The molecule has 92 valence electrons. The van der Waals surface area contributed by atoms with E-state index in [4.69, 9.17) is 5.11 Å². The normalized spacial score (nSPS) is 11.5. The number of carbonyl (C=O) groups is 1. The molecule has 0 atom stereocenters. The third-order valence-corrected chi connectivity index (χ3v) is 4.27. The molecule has 2 rings (SSSR count). The maximum absolute atomic E-state index is 10.7. The molecule has 7 heteroatoms. The molecule has 0 aliphatic carbocycles. The quantitative estimate of drug-likeness (QED) is 0.777. The molecule has 0 aromatic carbocycles. The minimum absolute atomic E-state index is 0.0818. The number of thiazole rings is 1. The van der Waals surface area contributed by atoms with E-state index in [1.165, 1.54) is 19.4 Å². The van der Waals surface area contributed by atoms with E-state index in [0.29, 0.717) is 5.69 Å². The third kappa shape index (κ3) is 2.89. The predicted molar refractivity (Wildman–Crippen MR) is 66.4 cm³/mol. The van der Waals surface area contributed by atoms with E-state index in [-0.39, 0.29) is 5.01 Å². The van der Waals surface area contributed by atoms with Gasteiger partial charge in [0.2, 0.25) is 0 Å². The summed E-state index contributed by atoms with van der Waals surface area (Å²) < 4.78 is 2.06. The third-order valence-electron chi connectivity index (χ3n) is 2.11. The van der Waals surface area contributed by atoms with Crippen molar-refractivity contribution < 1.29 is 29.3 Å². The monoisotopic (exact) mass is 431 g/mol. The molecular formula is C11H9N3O2SW. The van der Waals surface area contributed by atoms with Gasteiger partial charge in [-0.1, -0.05) is 0 Å². The summed E-state index contributed by atoms with van der Waals surface area (Å²) in [7, 11) is 0. The Bertz CT molecular complexity index is 630. The average Bonchev–Trinajstić information content (AvgIpc) is 2.96. The second-order valence-electron chi connectivity index (χ2n) is 3.53. The van der Waals surface area contributed by atoms with Gasteiger partial charge in [-0.25, -0.2) is 0 Å². The molecule has 2 aromatic rings. The number of nitrogens with zero attached hydrogens (tertiary/aromatic N) is 2. The zero-order valence-electron chi connectivity index (χ0n) is 9.38. The topological polar surface area (TPSA) is 78.9 Å². The molecule has 0 aliphatic heterocycles. The number of allylic oxidation sites excluding steroid dienone is 1. The number of imidazole rings is 1. The fourth-order valence-corrected chi connectivity index (χ4v) is 2.18. The summed E-state index contributed by atoms with van der Waals surface area (Å²) in [5.74, 6) is -0.268. The van der Waals surface area contributed by atoms with Crippen LogP contribution in [0.15, 0.2) is 17.2 Å². The number of nitrogens with one attached hydrogen (secondary N) is 1. The van der Waals surface area contributed by atoms with Gasteiger partial charge in [-0.3, -0.25) is 0 Å². The van der Waals surface area contributed by atoms with Crippen LogP contribution in [0, 0.1) is 0 Å². The van der Waals surface area contributed by atoms with E-state index >= 15 is 0 Å². The van der Waals surface area contributed by atoms with Gasteiger partial charge in [0.05, 0.1) is 0 Å². The molecule has 2 N–H and O–H groups in total. The Morgan fingerprint density at radius 1 is 1.61 bits per heavy atom. The molecular weight excluding hydrogens is 422 g/mol. The molecule has 2 heterocycles. The molecule has 0 fully saturated rings. The van der Waals surface area contributed by atoms with Crippen LogP contribution >= 0.6 is 11.3 Å². The van der Waals surface area contributed by atoms with Crippen molar-refractivity contribution in [3.8, 4) is 11.4 Å². The summed E-state index contributed by atoms with van der Waals surface area (Å²) in [5.41, 5.74) is 2.46. The molecule has 0 radical (unpaired) electrons. The van der Waals surface area contributed by atoms with E-state index in [9.17, 15) is 4.79 Å². The SMILES string of the molecule is C/C([CH]=[W])=C/c1ncc(-c2csc(C(=O)O)n2)[nH]1. The summed E-state index contributed by atoms with van der Waals surface area (Å²) >= 11 is 2.49. The molecule has 0 saturated heterocycles. The second-order valence-corrected chi connectivity index (χ2v) is 5.24. The van der Waals surface area contributed by atoms with Crippen molar-refractivity contribution in [3.63, 3.8) is 0 Å². The van der Waals surface area contributed by atoms with Crippen LogP contribution in [0.3, 0.4) is 0 Å². The number of carboxylic acid groups (broad SMARTS) is 1. The number of rotatable bonds is 4. The van der Waals surface area contributed by atoms with Crippen molar-refractivity contribution in [2.24, 2.45) is 0 Å². The second kappa shape index (κ2) is 5.50. The fourth-order valence-electron chi connectivity index (χ4n) is 1.29. The summed E-state index contributed by atoms with van der Waals surface area (Å²) in [6, 6.07) is 0. The number of hydrogen-bond donors (Lipinski definition) is 2. The number of aromatic amines is 1. The van der Waals surface area contributed by atoms with Crippen LogP contribution in [-0.4, -0.2) is 30.4 Å². The van der Waals surface area contributed by atoms with Gasteiger partial charge < -0.3 is 0 Å². The Hall–Kier alpha value is -1.39. The Labute approximate surface area is 118 Å². The van der Waals surface area contributed by atoms with Crippen LogP contribution in [-0.2, 0) is 19.4 Å². The molecule has 0 spiro atoms. The molecule has 0 unspecified atom stereocenters. The van der Waals surface area contributed by atoms with Gasteiger partial charge in [-0.2, -0.15) is 0 Å². The Morgan fingerprint density at radius 2 is 2.39 bits per heavy atom. The van der Waals surface area contributed by atoms with Crippen LogP contribution < -0.4 is 0 Å². The number of H-pyrrole nitrogens is 1. The van der Waals surface area contributed by atoms with Crippen LogP contribution in [0.4, 0.5) is 0 Å². The van der Waals surface area contributed by atoms with Gasteiger partial charge in [0.15, 0.2) is 0 Å². The van der Waals surface area contributed by atoms with Gasteiger partial charge in [-0.15, -0.1) is 0 Å². The van der Waals surface area contributed by atoms with Gasteiger partial charge in [-0.05, 0) is 0 Å². The van der Waals surface area contributed by atoms with Crippen LogP contribution in [0.25, 0.3) is 17.5 Å². The number of aromatic nitrogens is 3. The number of hydrogen-bond acceptors (Lipinski definition) is 4. The average molecular weight is 431 g/mol. The summed E-state index contributed by atoms with van der Waals surface area (Å²) in [6.45, 7) is 2.00. The zero-order valence-corrected chi connectivity index (χ0v) is 13.1.